The van der Waals surface area contributed by atoms with E-state index in [2.05, 4.69) is 36.3 Å². The fraction of sp³-hybridized carbons (Fsp3) is 0.647. The SMILES string of the molecule is CCNCc1ccc(Cl)cc1N(C)C1CCCCCC1. The van der Waals surface area contributed by atoms with Gasteiger partial charge in [-0.3, -0.25) is 0 Å². The fourth-order valence-corrected chi connectivity index (χ4v) is 3.28. The van der Waals surface area contributed by atoms with Crippen LogP contribution in [0.15, 0.2) is 18.2 Å². The van der Waals surface area contributed by atoms with Crippen LogP contribution in [-0.2, 0) is 6.54 Å². The van der Waals surface area contributed by atoms with Crippen molar-refractivity contribution in [2.24, 2.45) is 0 Å². The van der Waals surface area contributed by atoms with Gasteiger partial charge in [0.15, 0.2) is 0 Å². The quantitative estimate of drug-likeness (QED) is 0.798. The van der Waals surface area contributed by atoms with Crippen molar-refractivity contribution in [3.05, 3.63) is 28.8 Å². The van der Waals surface area contributed by atoms with Gasteiger partial charge < -0.3 is 10.2 Å². The highest BCUT2D eigenvalue weighted by Gasteiger charge is 2.19. The number of nitrogens with zero attached hydrogens (tertiary/aromatic N) is 1. The predicted molar refractivity (Wildman–Crippen MR) is 88.7 cm³/mol. The Morgan fingerprint density at radius 3 is 2.55 bits per heavy atom. The Bertz CT molecular complexity index is 411. The summed E-state index contributed by atoms with van der Waals surface area (Å²) in [4.78, 5) is 2.46. The summed E-state index contributed by atoms with van der Waals surface area (Å²) in [5.41, 5.74) is 2.65. The first-order valence-corrected chi connectivity index (χ1v) is 8.32. The van der Waals surface area contributed by atoms with Crippen molar-refractivity contribution in [1.82, 2.24) is 5.32 Å². The number of benzene rings is 1. The lowest BCUT2D eigenvalue weighted by molar-refractivity contribution is 0.551. The van der Waals surface area contributed by atoms with E-state index < -0.39 is 0 Å². The summed E-state index contributed by atoms with van der Waals surface area (Å²) in [6, 6.07) is 6.95. The molecule has 2 rings (SSSR count). The second-order valence-electron chi connectivity index (χ2n) is 5.81. The van der Waals surface area contributed by atoms with Crippen LogP contribution >= 0.6 is 11.6 Å². The van der Waals surface area contributed by atoms with Gasteiger partial charge in [-0.25, -0.2) is 0 Å². The molecule has 1 aliphatic rings. The molecule has 0 saturated heterocycles. The zero-order valence-electron chi connectivity index (χ0n) is 12.8. The van der Waals surface area contributed by atoms with Gasteiger partial charge in [-0.15, -0.1) is 0 Å². The molecule has 1 aromatic rings. The van der Waals surface area contributed by atoms with E-state index >= 15 is 0 Å². The molecular formula is C17H27ClN2. The standard InChI is InChI=1S/C17H27ClN2/c1-3-19-13-14-10-11-15(18)12-17(14)20(2)16-8-6-4-5-7-9-16/h10-12,16,19H,3-9,13H2,1-2H3. The summed E-state index contributed by atoms with van der Waals surface area (Å²) in [6.45, 7) is 4.06. The van der Waals surface area contributed by atoms with E-state index in [1.54, 1.807) is 0 Å². The van der Waals surface area contributed by atoms with Crippen molar-refractivity contribution in [1.29, 1.82) is 0 Å². The minimum atomic E-state index is 0.663. The summed E-state index contributed by atoms with van der Waals surface area (Å²) < 4.78 is 0. The van der Waals surface area contributed by atoms with E-state index in [0.717, 1.165) is 18.1 Å². The molecule has 2 nitrogen and oxygen atoms in total. The number of anilines is 1. The Morgan fingerprint density at radius 2 is 1.90 bits per heavy atom. The van der Waals surface area contributed by atoms with Gasteiger partial charge in [-0.1, -0.05) is 50.3 Å². The minimum absolute atomic E-state index is 0.663. The largest absolute Gasteiger partial charge is 0.371 e. The van der Waals surface area contributed by atoms with Crippen LogP contribution in [-0.4, -0.2) is 19.6 Å². The highest BCUT2D eigenvalue weighted by Crippen LogP contribution is 2.30. The van der Waals surface area contributed by atoms with Gasteiger partial charge in [0.2, 0.25) is 0 Å². The second kappa shape index (κ2) is 7.90. The molecule has 112 valence electrons. The lowest BCUT2D eigenvalue weighted by atomic mass is 10.0. The highest BCUT2D eigenvalue weighted by molar-refractivity contribution is 6.30. The lowest BCUT2D eigenvalue weighted by Crippen LogP contribution is -2.32. The molecule has 1 saturated carbocycles. The zero-order valence-corrected chi connectivity index (χ0v) is 13.5. The third kappa shape index (κ3) is 4.13. The molecule has 0 bridgehead atoms. The molecule has 0 radical (unpaired) electrons. The summed E-state index contributed by atoms with van der Waals surface area (Å²) in [5.74, 6) is 0. The Kier molecular flexibility index (Phi) is 6.18. The van der Waals surface area contributed by atoms with Crippen LogP contribution in [0.5, 0.6) is 0 Å². The molecule has 3 heteroatoms. The average Bonchev–Trinajstić information content (AvgIpc) is 2.74. The highest BCUT2D eigenvalue weighted by atomic mass is 35.5. The minimum Gasteiger partial charge on any atom is -0.371 e. The molecule has 1 aliphatic carbocycles. The molecular weight excluding hydrogens is 268 g/mol. The molecule has 1 fully saturated rings. The first-order valence-electron chi connectivity index (χ1n) is 7.94. The van der Waals surface area contributed by atoms with Gasteiger partial charge in [-0.2, -0.15) is 0 Å². The summed E-state index contributed by atoms with van der Waals surface area (Å²) >= 11 is 6.22. The van der Waals surface area contributed by atoms with E-state index in [-0.39, 0.29) is 0 Å². The summed E-state index contributed by atoms with van der Waals surface area (Å²) in [5, 5.41) is 4.26. The average molecular weight is 295 g/mol. The van der Waals surface area contributed by atoms with E-state index in [4.69, 9.17) is 11.6 Å². The Hall–Kier alpha value is -0.730. The second-order valence-corrected chi connectivity index (χ2v) is 6.25. The van der Waals surface area contributed by atoms with Crippen molar-refractivity contribution in [2.75, 3.05) is 18.5 Å². The number of halogens is 1. The van der Waals surface area contributed by atoms with Gasteiger partial charge >= 0.3 is 0 Å². The molecule has 1 aromatic carbocycles. The maximum absolute atomic E-state index is 6.22. The van der Waals surface area contributed by atoms with Crippen molar-refractivity contribution < 1.29 is 0 Å². The molecule has 0 unspecified atom stereocenters. The van der Waals surface area contributed by atoms with Crippen LogP contribution in [0, 0.1) is 0 Å². The topological polar surface area (TPSA) is 15.3 Å². The van der Waals surface area contributed by atoms with Gasteiger partial charge in [0.05, 0.1) is 0 Å². The molecule has 0 atom stereocenters. The molecule has 0 heterocycles. The lowest BCUT2D eigenvalue weighted by Gasteiger charge is -2.31. The summed E-state index contributed by atoms with van der Waals surface area (Å²) in [6.07, 6.45) is 8.12. The molecule has 0 spiro atoms. The maximum atomic E-state index is 6.22. The van der Waals surface area contributed by atoms with Crippen molar-refractivity contribution in [3.63, 3.8) is 0 Å². The van der Waals surface area contributed by atoms with Gasteiger partial charge in [0.25, 0.3) is 0 Å². The van der Waals surface area contributed by atoms with Crippen LogP contribution in [0.4, 0.5) is 5.69 Å². The Labute approximate surface area is 128 Å². The monoisotopic (exact) mass is 294 g/mol. The van der Waals surface area contributed by atoms with Crippen molar-refractivity contribution >= 4 is 17.3 Å². The van der Waals surface area contributed by atoms with Crippen molar-refractivity contribution in [3.8, 4) is 0 Å². The Morgan fingerprint density at radius 1 is 1.20 bits per heavy atom. The van der Waals surface area contributed by atoms with Crippen molar-refractivity contribution in [2.45, 2.75) is 58.0 Å². The number of rotatable bonds is 5. The first-order chi connectivity index (χ1) is 9.72. The van der Waals surface area contributed by atoms with E-state index in [1.807, 2.05) is 6.07 Å². The van der Waals surface area contributed by atoms with Gasteiger partial charge in [0, 0.05) is 30.3 Å². The number of hydrogen-bond donors (Lipinski definition) is 1. The smallest absolute Gasteiger partial charge is 0.0426 e. The van der Waals surface area contributed by atoms with E-state index in [9.17, 15) is 0 Å². The van der Waals surface area contributed by atoms with Gasteiger partial charge in [-0.05, 0) is 37.1 Å². The number of hydrogen-bond acceptors (Lipinski definition) is 2. The normalized spacial score (nSPS) is 16.9. The molecule has 0 amide bonds. The van der Waals surface area contributed by atoms with Crippen LogP contribution in [0.1, 0.15) is 51.0 Å². The van der Waals surface area contributed by atoms with E-state index in [0.29, 0.717) is 6.04 Å². The third-order valence-electron chi connectivity index (χ3n) is 4.37. The van der Waals surface area contributed by atoms with Gasteiger partial charge in [0.1, 0.15) is 0 Å². The fourth-order valence-electron chi connectivity index (χ4n) is 3.12. The zero-order chi connectivity index (χ0) is 14.4. The van der Waals surface area contributed by atoms with Crippen LogP contribution in [0.25, 0.3) is 0 Å². The van der Waals surface area contributed by atoms with Crippen LogP contribution < -0.4 is 10.2 Å². The summed E-state index contributed by atoms with van der Waals surface area (Å²) in [7, 11) is 2.23. The molecule has 20 heavy (non-hydrogen) atoms. The molecule has 0 aliphatic heterocycles. The first kappa shape index (κ1) is 15.7. The van der Waals surface area contributed by atoms with E-state index in [1.165, 1.54) is 49.8 Å². The molecule has 1 N–H and O–H groups in total. The van der Waals surface area contributed by atoms with Crippen LogP contribution in [0.2, 0.25) is 5.02 Å². The predicted octanol–water partition coefficient (Wildman–Crippen LogP) is 4.61. The Balaban J connectivity index is 2.17. The number of nitrogens with one attached hydrogen (secondary N) is 1. The molecule has 0 aromatic heterocycles. The van der Waals surface area contributed by atoms with Crippen LogP contribution in [0.3, 0.4) is 0 Å². The third-order valence-corrected chi connectivity index (χ3v) is 4.60. The maximum Gasteiger partial charge on any atom is 0.0426 e.